The topological polar surface area (TPSA) is 68.5 Å². The number of amides is 1. The number of aryl methyl sites for hydroxylation is 2. The van der Waals surface area contributed by atoms with Gasteiger partial charge in [0.15, 0.2) is 5.76 Å². The number of halogens is 1. The summed E-state index contributed by atoms with van der Waals surface area (Å²) in [7, 11) is 0. The Labute approximate surface area is 172 Å². The van der Waals surface area contributed by atoms with Crippen LogP contribution in [0.15, 0.2) is 34.9 Å². The molecule has 8 heteroatoms. The Morgan fingerprint density at radius 3 is 2.86 bits per heavy atom. The van der Waals surface area contributed by atoms with Crippen molar-refractivity contribution in [3.8, 4) is 5.75 Å². The smallest absolute Gasteiger partial charge is 0.266 e. The van der Waals surface area contributed by atoms with Gasteiger partial charge in [-0.05, 0) is 51.0 Å². The highest BCUT2D eigenvalue weighted by Gasteiger charge is 2.34. The molecule has 1 aliphatic rings. The first-order valence-corrected chi connectivity index (χ1v) is 10.3. The number of benzene rings is 1. The van der Waals surface area contributed by atoms with Crippen molar-refractivity contribution in [3.05, 3.63) is 62.4 Å². The maximum atomic E-state index is 13.2. The van der Waals surface area contributed by atoms with Gasteiger partial charge >= 0.3 is 0 Å². The standard InChI is InChI=1S/C20H20ClN3O3S/c1-12-10-17(27-23-12)16-4-3-9-24(16)20(25)19-13(2)22-18(28-19)11-26-15-7-5-14(21)6-8-15/h5-8,10,16H,3-4,9,11H2,1-2H3/t16-/m1/s1. The Balaban J connectivity index is 1.47. The van der Waals surface area contributed by atoms with Gasteiger partial charge in [0.25, 0.3) is 5.91 Å². The Bertz CT molecular complexity index is 983. The lowest BCUT2D eigenvalue weighted by molar-refractivity contribution is 0.0718. The summed E-state index contributed by atoms with van der Waals surface area (Å²) < 4.78 is 11.2. The lowest BCUT2D eigenvalue weighted by Crippen LogP contribution is -2.30. The van der Waals surface area contributed by atoms with Gasteiger partial charge < -0.3 is 14.2 Å². The average molecular weight is 418 g/mol. The van der Waals surface area contributed by atoms with Crippen molar-refractivity contribution in [1.29, 1.82) is 0 Å². The van der Waals surface area contributed by atoms with E-state index in [0.29, 0.717) is 28.8 Å². The van der Waals surface area contributed by atoms with E-state index in [4.69, 9.17) is 20.9 Å². The summed E-state index contributed by atoms with van der Waals surface area (Å²) >= 11 is 7.27. The van der Waals surface area contributed by atoms with E-state index in [2.05, 4.69) is 10.1 Å². The Hall–Kier alpha value is -2.38. The van der Waals surface area contributed by atoms with Gasteiger partial charge in [0, 0.05) is 17.6 Å². The van der Waals surface area contributed by atoms with Crippen LogP contribution in [-0.2, 0) is 6.61 Å². The van der Waals surface area contributed by atoms with Crippen molar-refractivity contribution in [2.45, 2.75) is 39.3 Å². The molecule has 0 N–H and O–H groups in total. The van der Waals surface area contributed by atoms with Crippen LogP contribution in [0.2, 0.25) is 5.02 Å². The predicted molar refractivity (Wildman–Crippen MR) is 107 cm³/mol. The third-order valence-corrected chi connectivity index (χ3v) is 6.07. The highest BCUT2D eigenvalue weighted by Crippen LogP contribution is 2.35. The lowest BCUT2D eigenvalue weighted by Gasteiger charge is -2.22. The second-order valence-corrected chi connectivity index (χ2v) is 8.31. The fourth-order valence-corrected chi connectivity index (χ4v) is 4.42. The summed E-state index contributed by atoms with van der Waals surface area (Å²) in [5, 5.41) is 5.39. The lowest BCUT2D eigenvalue weighted by atomic mass is 10.1. The van der Waals surface area contributed by atoms with Gasteiger partial charge in [-0.25, -0.2) is 4.98 Å². The molecule has 0 saturated carbocycles. The quantitative estimate of drug-likeness (QED) is 0.587. The molecule has 3 aromatic rings. The summed E-state index contributed by atoms with van der Waals surface area (Å²) in [6, 6.07) is 9.01. The number of hydrogen-bond acceptors (Lipinski definition) is 6. The number of aromatic nitrogens is 2. The van der Waals surface area contributed by atoms with E-state index in [1.165, 1.54) is 11.3 Å². The van der Waals surface area contributed by atoms with E-state index in [-0.39, 0.29) is 11.9 Å². The Kier molecular flexibility index (Phi) is 5.37. The highest BCUT2D eigenvalue weighted by molar-refractivity contribution is 7.13. The van der Waals surface area contributed by atoms with Crippen molar-refractivity contribution in [2.24, 2.45) is 0 Å². The van der Waals surface area contributed by atoms with Crippen molar-refractivity contribution < 1.29 is 14.1 Å². The van der Waals surface area contributed by atoms with Crippen molar-refractivity contribution >= 4 is 28.8 Å². The number of carbonyl (C=O) groups is 1. The zero-order chi connectivity index (χ0) is 19.7. The zero-order valence-corrected chi connectivity index (χ0v) is 17.2. The van der Waals surface area contributed by atoms with E-state index in [1.807, 2.05) is 36.9 Å². The highest BCUT2D eigenvalue weighted by atomic mass is 35.5. The van der Waals surface area contributed by atoms with Crippen molar-refractivity contribution in [3.63, 3.8) is 0 Å². The number of likely N-dealkylation sites (tertiary alicyclic amines) is 1. The van der Waals surface area contributed by atoms with E-state index < -0.39 is 0 Å². The van der Waals surface area contributed by atoms with Crippen LogP contribution >= 0.6 is 22.9 Å². The number of hydrogen-bond donors (Lipinski definition) is 0. The van der Waals surface area contributed by atoms with Crippen LogP contribution in [0.25, 0.3) is 0 Å². The van der Waals surface area contributed by atoms with E-state index >= 15 is 0 Å². The van der Waals surface area contributed by atoms with E-state index in [0.717, 1.165) is 35.0 Å². The molecular formula is C20H20ClN3O3S. The van der Waals surface area contributed by atoms with Crippen LogP contribution in [0, 0.1) is 13.8 Å². The third-order valence-electron chi connectivity index (χ3n) is 4.70. The molecule has 3 heterocycles. The molecular weight excluding hydrogens is 398 g/mol. The number of nitrogens with zero attached hydrogens (tertiary/aromatic N) is 3. The van der Waals surface area contributed by atoms with Crippen molar-refractivity contribution in [2.75, 3.05) is 6.54 Å². The number of thiazole rings is 1. The fourth-order valence-electron chi connectivity index (χ4n) is 3.36. The van der Waals surface area contributed by atoms with Gasteiger partial charge in [-0.1, -0.05) is 16.8 Å². The molecule has 1 atom stereocenters. The minimum atomic E-state index is -0.0658. The molecule has 1 aromatic carbocycles. The number of carbonyl (C=O) groups excluding carboxylic acids is 1. The minimum Gasteiger partial charge on any atom is -0.486 e. The molecule has 146 valence electrons. The van der Waals surface area contributed by atoms with Gasteiger partial charge in [-0.2, -0.15) is 0 Å². The molecule has 0 bridgehead atoms. The normalized spacial score (nSPS) is 16.5. The number of ether oxygens (including phenoxy) is 1. The maximum Gasteiger partial charge on any atom is 0.266 e. The molecule has 0 radical (unpaired) electrons. The van der Waals surface area contributed by atoms with Gasteiger partial charge in [0.05, 0.1) is 17.4 Å². The monoisotopic (exact) mass is 417 g/mol. The largest absolute Gasteiger partial charge is 0.486 e. The van der Waals surface area contributed by atoms with Crippen LogP contribution in [0.3, 0.4) is 0 Å². The van der Waals surface area contributed by atoms with Crippen LogP contribution < -0.4 is 4.74 Å². The molecule has 1 aliphatic heterocycles. The molecule has 1 amide bonds. The predicted octanol–water partition coefficient (Wildman–Crippen LogP) is 4.96. The molecule has 28 heavy (non-hydrogen) atoms. The number of rotatable bonds is 5. The summed E-state index contributed by atoms with van der Waals surface area (Å²) in [5.74, 6) is 1.45. The first kappa shape index (κ1) is 19.0. The summed E-state index contributed by atoms with van der Waals surface area (Å²) in [4.78, 5) is 20.2. The third kappa shape index (κ3) is 3.91. The minimum absolute atomic E-state index is 0.00991. The van der Waals surface area contributed by atoms with Crippen LogP contribution in [0.4, 0.5) is 0 Å². The molecule has 4 rings (SSSR count). The summed E-state index contributed by atoms with van der Waals surface area (Å²) in [5.41, 5.74) is 1.55. The first-order chi connectivity index (χ1) is 13.5. The Morgan fingerprint density at radius 1 is 1.36 bits per heavy atom. The zero-order valence-electron chi connectivity index (χ0n) is 15.6. The van der Waals surface area contributed by atoms with E-state index in [9.17, 15) is 4.79 Å². The van der Waals surface area contributed by atoms with Gasteiger partial charge in [-0.3, -0.25) is 4.79 Å². The fraction of sp³-hybridized carbons (Fsp3) is 0.350. The van der Waals surface area contributed by atoms with Crippen LogP contribution in [-0.4, -0.2) is 27.5 Å². The summed E-state index contributed by atoms with van der Waals surface area (Å²) in [6.45, 7) is 4.76. The molecule has 0 aliphatic carbocycles. The molecule has 1 saturated heterocycles. The first-order valence-electron chi connectivity index (χ1n) is 9.10. The molecule has 6 nitrogen and oxygen atoms in total. The average Bonchev–Trinajstić information content (AvgIpc) is 3.40. The van der Waals surface area contributed by atoms with Crippen molar-refractivity contribution in [1.82, 2.24) is 15.0 Å². The van der Waals surface area contributed by atoms with Gasteiger partial charge in [0.1, 0.15) is 22.2 Å². The second kappa shape index (κ2) is 7.93. The molecule has 0 unspecified atom stereocenters. The molecule has 0 spiro atoms. The maximum absolute atomic E-state index is 13.2. The SMILES string of the molecule is Cc1cc([C@H]2CCCN2C(=O)c2sc(COc3ccc(Cl)cc3)nc2C)on1. The van der Waals surface area contributed by atoms with Gasteiger partial charge in [0.2, 0.25) is 0 Å². The van der Waals surface area contributed by atoms with Crippen LogP contribution in [0.1, 0.15) is 50.7 Å². The molecule has 2 aromatic heterocycles. The summed E-state index contributed by atoms with van der Waals surface area (Å²) in [6.07, 6.45) is 1.82. The second-order valence-electron chi connectivity index (χ2n) is 6.79. The molecule has 1 fully saturated rings. The van der Waals surface area contributed by atoms with Crippen LogP contribution in [0.5, 0.6) is 5.75 Å². The van der Waals surface area contributed by atoms with Gasteiger partial charge in [-0.15, -0.1) is 11.3 Å². The Morgan fingerprint density at radius 2 is 2.14 bits per heavy atom. The van der Waals surface area contributed by atoms with E-state index in [1.54, 1.807) is 12.1 Å².